The van der Waals surface area contributed by atoms with Crippen LogP contribution in [-0.2, 0) is 11.3 Å². The van der Waals surface area contributed by atoms with Crippen molar-refractivity contribution in [3.63, 3.8) is 0 Å². The zero-order chi connectivity index (χ0) is 17.6. The number of hydrogen-bond acceptors (Lipinski definition) is 5. The van der Waals surface area contributed by atoms with Crippen molar-refractivity contribution in [3.8, 4) is 5.75 Å². The largest absolute Gasteiger partial charge is 0.477 e. The maximum atomic E-state index is 12.6. The number of hydrogen-bond donors (Lipinski definition) is 1. The van der Waals surface area contributed by atoms with Gasteiger partial charge in [-0.05, 0) is 31.0 Å². The molecule has 1 unspecified atom stereocenters. The lowest BCUT2D eigenvalue weighted by molar-refractivity contribution is -0.128. The number of anilines is 1. The van der Waals surface area contributed by atoms with E-state index in [-0.39, 0.29) is 11.9 Å². The van der Waals surface area contributed by atoms with E-state index in [1.54, 1.807) is 18.5 Å². The number of carbonyl (C=O) groups excluding carboxylic acids is 1. The first-order valence-electron chi connectivity index (χ1n) is 8.78. The summed E-state index contributed by atoms with van der Waals surface area (Å²) in [6, 6.07) is 9.74. The van der Waals surface area contributed by atoms with Gasteiger partial charge in [-0.15, -0.1) is 0 Å². The first kappa shape index (κ1) is 17.2. The molecular formula is C19H24N4O2. The SMILES string of the molecule is CCC(CC)NC(=O)C1CN(Cc2ncccn2)c2ccccc2O1. The Balaban J connectivity index is 1.79. The highest BCUT2D eigenvalue weighted by atomic mass is 16.5. The number of carbonyl (C=O) groups is 1. The van der Waals surface area contributed by atoms with Crippen LogP contribution in [0, 0.1) is 0 Å². The predicted octanol–water partition coefficient (Wildman–Crippen LogP) is 2.55. The molecule has 0 radical (unpaired) electrons. The van der Waals surface area contributed by atoms with Gasteiger partial charge in [0, 0.05) is 18.4 Å². The van der Waals surface area contributed by atoms with Gasteiger partial charge >= 0.3 is 0 Å². The molecule has 1 aromatic carbocycles. The summed E-state index contributed by atoms with van der Waals surface area (Å²) in [5, 5.41) is 3.08. The van der Waals surface area contributed by atoms with Crippen LogP contribution in [0.4, 0.5) is 5.69 Å². The maximum absolute atomic E-state index is 12.6. The fraction of sp³-hybridized carbons (Fsp3) is 0.421. The summed E-state index contributed by atoms with van der Waals surface area (Å²) in [5.41, 5.74) is 0.960. The topological polar surface area (TPSA) is 67.4 Å². The highest BCUT2D eigenvalue weighted by molar-refractivity contribution is 5.83. The van der Waals surface area contributed by atoms with E-state index >= 15 is 0 Å². The maximum Gasteiger partial charge on any atom is 0.263 e. The molecule has 1 N–H and O–H groups in total. The Labute approximate surface area is 148 Å². The van der Waals surface area contributed by atoms with E-state index in [1.165, 1.54) is 0 Å². The first-order valence-corrected chi connectivity index (χ1v) is 8.78. The summed E-state index contributed by atoms with van der Waals surface area (Å²) in [6.45, 7) is 5.16. The molecule has 6 nitrogen and oxygen atoms in total. The molecule has 25 heavy (non-hydrogen) atoms. The lowest BCUT2D eigenvalue weighted by Crippen LogP contribution is -2.51. The number of amides is 1. The summed E-state index contributed by atoms with van der Waals surface area (Å²) in [6.07, 6.45) is 4.73. The molecule has 1 aliphatic rings. The van der Waals surface area contributed by atoms with Crippen LogP contribution in [0.25, 0.3) is 0 Å². The van der Waals surface area contributed by atoms with Gasteiger partial charge < -0.3 is 15.0 Å². The molecule has 1 amide bonds. The van der Waals surface area contributed by atoms with Crippen LogP contribution >= 0.6 is 0 Å². The van der Waals surface area contributed by atoms with Crippen molar-refractivity contribution < 1.29 is 9.53 Å². The van der Waals surface area contributed by atoms with Crippen LogP contribution in [0.1, 0.15) is 32.5 Å². The third kappa shape index (κ3) is 4.07. The Morgan fingerprint density at radius 1 is 1.24 bits per heavy atom. The highest BCUT2D eigenvalue weighted by Crippen LogP contribution is 2.33. The zero-order valence-electron chi connectivity index (χ0n) is 14.7. The molecule has 0 fully saturated rings. The Bertz CT molecular complexity index is 704. The predicted molar refractivity (Wildman–Crippen MR) is 96.5 cm³/mol. The van der Waals surface area contributed by atoms with Crippen LogP contribution in [-0.4, -0.2) is 34.6 Å². The molecule has 0 bridgehead atoms. The third-order valence-electron chi connectivity index (χ3n) is 4.44. The van der Waals surface area contributed by atoms with Gasteiger partial charge in [0.05, 0.1) is 18.8 Å². The number of ether oxygens (including phenoxy) is 1. The van der Waals surface area contributed by atoms with E-state index in [1.807, 2.05) is 24.3 Å². The fourth-order valence-electron chi connectivity index (χ4n) is 2.96. The van der Waals surface area contributed by atoms with Gasteiger partial charge in [-0.3, -0.25) is 4.79 Å². The minimum Gasteiger partial charge on any atom is -0.477 e. The number of aromatic nitrogens is 2. The number of para-hydroxylation sites is 2. The number of benzene rings is 1. The minimum absolute atomic E-state index is 0.0674. The van der Waals surface area contributed by atoms with E-state index in [0.717, 1.165) is 30.1 Å². The number of rotatable bonds is 6. The second kappa shape index (κ2) is 7.96. The average Bonchev–Trinajstić information content (AvgIpc) is 2.66. The molecule has 0 saturated heterocycles. The standard InChI is InChI=1S/C19H24N4O2/c1-3-14(4-2)22-19(24)17-12-23(13-18-20-10-7-11-21-18)15-8-5-6-9-16(15)25-17/h5-11,14,17H,3-4,12-13H2,1-2H3,(H,22,24). The molecule has 1 aromatic heterocycles. The van der Waals surface area contributed by atoms with Crippen LogP contribution in [0.3, 0.4) is 0 Å². The summed E-state index contributed by atoms with van der Waals surface area (Å²) < 4.78 is 5.96. The van der Waals surface area contributed by atoms with E-state index in [2.05, 4.69) is 34.0 Å². The van der Waals surface area contributed by atoms with Crippen molar-refractivity contribution in [2.45, 2.75) is 45.4 Å². The number of fused-ring (bicyclic) bond motifs is 1. The van der Waals surface area contributed by atoms with Crippen molar-refractivity contribution in [2.24, 2.45) is 0 Å². The molecule has 6 heteroatoms. The van der Waals surface area contributed by atoms with Gasteiger partial charge in [0.2, 0.25) is 0 Å². The summed E-state index contributed by atoms with van der Waals surface area (Å²) in [4.78, 5) is 23.3. The molecular weight excluding hydrogens is 316 g/mol. The quantitative estimate of drug-likeness (QED) is 0.875. The third-order valence-corrected chi connectivity index (χ3v) is 4.44. The van der Waals surface area contributed by atoms with Crippen LogP contribution in [0.5, 0.6) is 5.75 Å². The van der Waals surface area contributed by atoms with Gasteiger partial charge in [0.25, 0.3) is 5.91 Å². The molecule has 2 heterocycles. The van der Waals surface area contributed by atoms with E-state index in [4.69, 9.17) is 4.74 Å². The van der Waals surface area contributed by atoms with Crippen molar-refractivity contribution in [2.75, 3.05) is 11.4 Å². The molecule has 132 valence electrons. The molecule has 0 aliphatic carbocycles. The molecule has 0 saturated carbocycles. The second-order valence-corrected chi connectivity index (χ2v) is 6.14. The lowest BCUT2D eigenvalue weighted by Gasteiger charge is -2.35. The lowest BCUT2D eigenvalue weighted by atomic mass is 10.1. The average molecular weight is 340 g/mol. The van der Waals surface area contributed by atoms with Gasteiger partial charge in [-0.2, -0.15) is 0 Å². The van der Waals surface area contributed by atoms with Crippen LogP contribution < -0.4 is 15.0 Å². The van der Waals surface area contributed by atoms with E-state index in [0.29, 0.717) is 13.1 Å². The van der Waals surface area contributed by atoms with E-state index < -0.39 is 6.10 Å². The molecule has 0 spiro atoms. The Morgan fingerprint density at radius 2 is 1.96 bits per heavy atom. The van der Waals surface area contributed by atoms with Crippen molar-refractivity contribution >= 4 is 11.6 Å². The second-order valence-electron chi connectivity index (χ2n) is 6.14. The minimum atomic E-state index is -0.542. The van der Waals surface area contributed by atoms with Gasteiger partial charge in [0.1, 0.15) is 11.6 Å². The van der Waals surface area contributed by atoms with Crippen LogP contribution in [0.2, 0.25) is 0 Å². The fourth-order valence-corrected chi connectivity index (χ4v) is 2.96. The Hall–Kier alpha value is -2.63. The van der Waals surface area contributed by atoms with Gasteiger partial charge in [-0.1, -0.05) is 26.0 Å². The molecule has 3 rings (SSSR count). The van der Waals surface area contributed by atoms with Gasteiger partial charge in [-0.25, -0.2) is 9.97 Å². The number of nitrogens with one attached hydrogen (secondary N) is 1. The molecule has 2 aromatic rings. The zero-order valence-corrected chi connectivity index (χ0v) is 14.7. The summed E-state index contributed by atoms with van der Waals surface area (Å²) in [5.74, 6) is 1.37. The first-order chi connectivity index (χ1) is 12.2. The van der Waals surface area contributed by atoms with Crippen molar-refractivity contribution in [3.05, 3.63) is 48.5 Å². The molecule has 1 aliphatic heterocycles. The van der Waals surface area contributed by atoms with Crippen LogP contribution in [0.15, 0.2) is 42.7 Å². The normalized spacial score (nSPS) is 16.3. The summed E-state index contributed by atoms with van der Waals surface area (Å²) >= 11 is 0. The van der Waals surface area contributed by atoms with E-state index in [9.17, 15) is 4.79 Å². The Morgan fingerprint density at radius 3 is 2.68 bits per heavy atom. The molecule has 1 atom stereocenters. The smallest absolute Gasteiger partial charge is 0.263 e. The Kier molecular flexibility index (Phi) is 5.48. The van der Waals surface area contributed by atoms with Crippen molar-refractivity contribution in [1.29, 1.82) is 0 Å². The summed E-state index contributed by atoms with van der Waals surface area (Å²) in [7, 11) is 0. The number of nitrogens with zero attached hydrogens (tertiary/aromatic N) is 3. The highest BCUT2D eigenvalue weighted by Gasteiger charge is 2.31. The van der Waals surface area contributed by atoms with Gasteiger partial charge in [0.15, 0.2) is 6.10 Å². The monoisotopic (exact) mass is 340 g/mol. The van der Waals surface area contributed by atoms with Crippen molar-refractivity contribution in [1.82, 2.24) is 15.3 Å².